The summed E-state index contributed by atoms with van der Waals surface area (Å²) in [6.07, 6.45) is 0. The number of urea groups is 1. The van der Waals surface area contributed by atoms with Crippen LogP contribution in [0.15, 0.2) is 53.0 Å². The van der Waals surface area contributed by atoms with E-state index in [1.165, 1.54) is 24.3 Å². The van der Waals surface area contributed by atoms with Gasteiger partial charge in [-0.05, 0) is 42.8 Å². The Balaban J connectivity index is 1.98. The van der Waals surface area contributed by atoms with E-state index < -0.39 is 0 Å². The third-order valence-electron chi connectivity index (χ3n) is 2.82. The molecule has 1 unspecified atom stereocenters. The van der Waals surface area contributed by atoms with Crippen LogP contribution in [0.3, 0.4) is 0 Å². The maximum Gasteiger partial charge on any atom is 0.319 e. The van der Waals surface area contributed by atoms with Crippen molar-refractivity contribution in [3.8, 4) is 0 Å². The highest BCUT2D eigenvalue weighted by Gasteiger charge is 2.11. The van der Waals surface area contributed by atoms with Gasteiger partial charge in [-0.15, -0.1) is 0 Å². The molecule has 1 atom stereocenters. The maximum atomic E-state index is 12.8. The molecule has 0 aliphatic heterocycles. The highest BCUT2D eigenvalue weighted by Crippen LogP contribution is 2.22. The molecule has 2 amide bonds. The Morgan fingerprint density at radius 3 is 2.45 bits per heavy atom. The Kier molecular flexibility index (Phi) is 4.74. The van der Waals surface area contributed by atoms with E-state index in [-0.39, 0.29) is 17.9 Å². The summed E-state index contributed by atoms with van der Waals surface area (Å²) in [5.41, 5.74) is 1.53. The first-order valence-corrected chi connectivity index (χ1v) is 6.93. The smallest absolute Gasteiger partial charge is 0.319 e. The predicted molar refractivity (Wildman–Crippen MR) is 81.1 cm³/mol. The largest absolute Gasteiger partial charge is 0.331 e. The maximum absolute atomic E-state index is 12.8. The fraction of sp³-hybridized carbons (Fsp3) is 0.133. The number of hydrogen-bond acceptors (Lipinski definition) is 1. The molecule has 104 valence electrons. The number of benzene rings is 2. The monoisotopic (exact) mass is 336 g/mol. The number of carbonyl (C=O) groups excluding carboxylic acids is 1. The van der Waals surface area contributed by atoms with Crippen LogP contribution in [-0.4, -0.2) is 6.03 Å². The molecular weight excluding hydrogens is 323 g/mol. The van der Waals surface area contributed by atoms with E-state index in [4.69, 9.17) is 0 Å². The molecule has 20 heavy (non-hydrogen) atoms. The third-order valence-corrected chi connectivity index (χ3v) is 3.54. The lowest BCUT2D eigenvalue weighted by Gasteiger charge is -2.16. The Morgan fingerprint density at radius 2 is 1.80 bits per heavy atom. The van der Waals surface area contributed by atoms with Crippen molar-refractivity contribution in [2.75, 3.05) is 5.32 Å². The summed E-state index contributed by atoms with van der Waals surface area (Å²) in [4.78, 5) is 11.9. The summed E-state index contributed by atoms with van der Waals surface area (Å²) in [5.74, 6) is -0.336. The minimum Gasteiger partial charge on any atom is -0.331 e. The lowest BCUT2D eigenvalue weighted by Crippen LogP contribution is -2.31. The summed E-state index contributed by atoms with van der Waals surface area (Å²) in [5, 5.41) is 5.48. The van der Waals surface area contributed by atoms with Gasteiger partial charge in [-0.2, -0.15) is 0 Å². The standard InChI is InChI=1S/C15H14BrFN2O/c1-10(13-4-2-3-5-14(13)16)18-15(20)19-12-8-6-11(17)7-9-12/h2-10H,1H3,(H2,18,19,20). The van der Waals surface area contributed by atoms with Crippen LogP contribution in [0.1, 0.15) is 18.5 Å². The Labute approximate surface area is 125 Å². The number of carbonyl (C=O) groups is 1. The van der Waals surface area contributed by atoms with Crippen LogP contribution >= 0.6 is 15.9 Å². The molecule has 0 bridgehead atoms. The van der Waals surface area contributed by atoms with Crippen LogP contribution < -0.4 is 10.6 Å². The average molecular weight is 337 g/mol. The fourth-order valence-electron chi connectivity index (χ4n) is 1.80. The normalized spacial score (nSPS) is 11.8. The second kappa shape index (κ2) is 6.52. The van der Waals surface area contributed by atoms with Gasteiger partial charge < -0.3 is 10.6 Å². The van der Waals surface area contributed by atoms with E-state index in [2.05, 4.69) is 26.6 Å². The van der Waals surface area contributed by atoms with Gasteiger partial charge in [0.15, 0.2) is 0 Å². The molecule has 3 nitrogen and oxygen atoms in total. The van der Waals surface area contributed by atoms with Crippen molar-refractivity contribution in [2.24, 2.45) is 0 Å². The molecule has 2 rings (SSSR count). The average Bonchev–Trinajstić information content (AvgIpc) is 2.41. The molecule has 0 spiro atoms. The van der Waals surface area contributed by atoms with Crippen LogP contribution in [0.25, 0.3) is 0 Å². The lowest BCUT2D eigenvalue weighted by atomic mass is 10.1. The molecule has 2 aromatic carbocycles. The summed E-state index contributed by atoms with van der Waals surface area (Å²) in [6.45, 7) is 1.89. The van der Waals surface area contributed by atoms with Crippen molar-refractivity contribution in [3.05, 3.63) is 64.4 Å². The van der Waals surface area contributed by atoms with Gasteiger partial charge in [0.1, 0.15) is 5.82 Å². The SMILES string of the molecule is CC(NC(=O)Nc1ccc(F)cc1)c1ccccc1Br. The van der Waals surface area contributed by atoms with Gasteiger partial charge in [-0.1, -0.05) is 34.1 Å². The molecule has 0 fully saturated rings. The molecule has 0 radical (unpaired) electrons. The van der Waals surface area contributed by atoms with Gasteiger partial charge >= 0.3 is 6.03 Å². The number of anilines is 1. The Bertz CT molecular complexity index is 601. The van der Waals surface area contributed by atoms with Gasteiger partial charge in [0.25, 0.3) is 0 Å². The first-order valence-electron chi connectivity index (χ1n) is 6.14. The molecular formula is C15H14BrFN2O. The fourth-order valence-corrected chi connectivity index (χ4v) is 2.43. The van der Waals surface area contributed by atoms with Crippen LogP contribution in [0.2, 0.25) is 0 Å². The van der Waals surface area contributed by atoms with E-state index in [0.717, 1.165) is 10.0 Å². The third kappa shape index (κ3) is 3.81. The van der Waals surface area contributed by atoms with E-state index >= 15 is 0 Å². The van der Waals surface area contributed by atoms with Crippen molar-refractivity contribution < 1.29 is 9.18 Å². The predicted octanol–water partition coefficient (Wildman–Crippen LogP) is 4.47. The molecule has 2 N–H and O–H groups in total. The Hall–Kier alpha value is -1.88. The highest BCUT2D eigenvalue weighted by atomic mass is 79.9. The molecule has 0 aliphatic rings. The van der Waals surface area contributed by atoms with Gasteiger partial charge in [0.2, 0.25) is 0 Å². The topological polar surface area (TPSA) is 41.1 Å². The minimum atomic E-state index is -0.336. The lowest BCUT2D eigenvalue weighted by molar-refractivity contribution is 0.249. The van der Waals surface area contributed by atoms with Crippen LogP contribution in [0, 0.1) is 5.82 Å². The first-order chi connectivity index (χ1) is 9.56. The van der Waals surface area contributed by atoms with Crippen molar-refractivity contribution >= 4 is 27.6 Å². The zero-order chi connectivity index (χ0) is 14.5. The van der Waals surface area contributed by atoms with Crippen LogP contribution in [0.4, 0.5) is 14.9 Å². The molecule has 0 saturated carbocycles. The molecule has 0 aliphatic carbocycles. The van der Waals surface area contributed by atoms with E-state index in [9.17, 15) is 9.18 Å². The highest BCUT2D eigenvalue weighted by molar-refractivity contribution is 9.10. The van der Waals surface area contributed by atoms with Crippen LogP contribution in [-0.2, 0) is 0 Å². The zero-order valence-corrected chi connectivity index (χ0v) is 12.4. The van der Waals surface area contributed by atoms with Crippen molar-refractivity contribution in [2.45, 2.75) is 13.0 Å². The second-order valence-electron chi connectivity index (χ2n) is 4.35. The summed E-state index contributed by atoms with van der Waals surface area (Å²) in [7, 11) is 0. The number of amides is 2. The number of nitrogens with one attached hydrogen (secondary N) is 2. The summed E-state index contributed by atoms with van der Waals surface area (Å²) in [6, 6.07) is 12.8. The number of hydrogen-bond donors (Lipinski definition) is 2. The molecule has 2 aromatic rings. The van der Waals surface area contributed by atoms with Gasteiger partial charge in [-0.3, -0.25) is 0 Å². The summed E-state index contributed by atoms with van der Waals surface area (Å²) < 4.78 is 13.7. The van der Waals surface area contributed by atoms with Crippen molar-refractivity contribution in [3.63, 3.8) is 0 Å². The molecule has 0 saturated heterocycles. The first kappa shape index (κ1) is 14.5. The van der Waals surface area contributed by atoms with Gasteiger partial charge in [-0.25, -0.2) is 9.18 Å². The quantitative estimate of drug-likeness (QED) is 0.852. The van der Waals surface area contributed by atoms with E-state index in [0.29, 0.717) is 5.69 Å². The molecule has 0 heterocycles. The van der Waals surface area contributed by atoms with E-state index in [1.807, 2.05) is 31.2 Å². The Morgan fingerprint density at radius 1 is 1.15 bits per heavy atom. The van der Waals surface area contributed by atoms with Crippen LogP contribution in [0.5, 0.6) is 0 Å². The van der Waals surface area contributed by atoms with E-state index in [1.54, 1.807) is 0 Å². The van der Waals surface area contributed by atoms with Gasteiger partial charge in [0, 0.05) is 10.2 Å². The number of halogens is 2. The second-order valence-corrected chi connectivity index (χ2v) is 5.20. The molecule has 0 aromatic heterocycles. The summed E-state index contributed by atoms with van der Waals surface area (Å²) >= 11 is 3.45. The molecule has 5 heteroatoms. The van der Waals surface area contributed by atoms with Gasteiger partial charge in [0.05, 0.1) is 6.04 Å². The minimum absolute atomic E-state index is 0.147. The number of rotatable bonds is 3. The van der Waals surface area contributed by atoms with Crippen molar-refractivity contribution in [1.29, 1.82) is 0 Å². The zero-order valence-electron chi connectivity index (χ0n) is 10.9. The van der Waals surface area contributed by atoms with Crippen molar-refractivity contribution in [1.82, 2.24) is 5.32 Å².